The molecule has 5 heteroatoms. The van der Waals surface area contributed by atoms with Gasteiger partial charge in [0.25, 0.3) is 0 Å². The van der Waals surface area contributed by atoms with E-state index < -0.39 is 5.91 Å². The monoisotopic (exact) mass is 307 g/mol. The molecule has 0 radical (unpaired) electrons. The Balaban J connectivity index is 2.79. The number of Topliss-reactive ketones (excluding diaryl/α,β-unsaturated/α-hetero) is 1. The lowest BCUT2D eigenvalue weighted by atomic mass is 9.97. The molecule has 0 aliphatic rings. The third-order valence-corrected chi connectivity index (χ3v) is 3.64. The van der Waals surface area contributed by atoms with E-state index in [1.54, 1.807) is 0 Å². The first-order valence-corrected chi connectivity index (χ1v) is 7.75. The van der Waals surface area contributed by atoms with E-state index in [-0.39, 0.29) is 28.4 Å². The molecule has 0 saturated carbocycles. The number of nitrogens with two attached hydrogens (primary N) is 1. The average Bonchev–Trinajstić information content (AvgIpc) is 2.49. The number of ketones is 1. The van der Waals surface area contributed by atoms with Crippen molar-refractivity contribution >= 4 is 11.7 Å². The maximum absolute atomic E-state index is 12.4. The molecule has 22 heavy (non-hydrogen) atoms. The Kier molecular flexibility index (Phi) is 7.43. The fourth-order valence-electron chi connectivity index (χ4n) is 2.45. The van der Waals surface area contributed by atoms with Gasteiger partial charge in [0.2, 0.25) is 5.91 Å². The van der Waals surface area contributed by atoms with Crippen LogP contribution in [-0.2, 0) is 0 Å². The van der Waals surface area contributed by atoms with Gasteiger partial charge in [0.05, 0.1) is 18.2 Å². The number of unbranched alkanes of at least 4 members (excludes halogenated alkanes) is 5. The van der Waals surface area contributed by atoms with Crippen molar-refractivity contribution < 1.29 is 19.4 Å². The minimum absolute atomic E-state index is 0.0206. The number of aromatic hydroxyl groups is 1. The van der Waals surface area contributed by atoms with Crippen LogP contribution in [0.1, 0.15) is 72.6 Å². The lowest BCUT2D eigenvalue weighted by Gasteiger charge is -2.12. The van der Waals surface area contributed by atoms with Crippen LogP contribution in [0, 0.1) is 0 Å². The van der Waals surface area contributed by atoms with E-state index in [0.29, 0.717) is 6.42 Å². The van der Waals surface area contributed by atoms with Crippen molar-refractivity contribution in [3.8, 4) is 11.5 Å². The van der Waals surface area contributed by atoms with Crippen molar-refractivity contribution in [3.63, 3.8) is 0 Å². The first-order chi connectivity index (χ1) is 10.5. The molecule has 0 aromatic heterocycles. The topological polar surface area (TPSA) is 89.6 Å². The first-order valence-electron chi connectivity index (χ1n) is 7.75. The third-order valence-electron chi connectivity index (χ3n) is 3.64. The van der Waals surface area contributed by atoms with Gasteiger partial charge in [-0.25, -0.2) is 0 Å². The number of phenols is 1. The summed E-state index contributed by atoms with van der Waals surface area (Å²) in [6, 6.07) is 2.66. The average molecular weight is 307 g/mol. The molecule has 0 aliphatic heterocycles. The van der Waals surface area contributed by atoms with Crippen LogP contribution in [0.15, 0.2) is 12.1 Å². The maximum Gasteiger partial charge on any atom is 0.249 e. The molecule has 0 aliphatic carbocycles. The van der Waals surface area contributed by atoms with Gasteiger partial charge in [-0.3, -0.25) is 9.59 Å². The molecule has 0 atom stereocenters. The summed E-state index contributed by atoms with van der Waals surface area (Å²) in [5, 5.41) is 9.79. The molecule has 1 aromatic carbocycles. The van der Waals surface area contributed by atoms with E-state index in [1.165, 1.54) is 38.5 Å². The molecule has 0 fully saturated rings. The van der Waals surface area contributed by atoms with Crippen molar-refractivity contribution in [1.82, 2.24) is 0 Å². The highest BCUT2D eigenvalue weighted by molar-refractivity contribution is 6.10. The molecule has 0 unspecified atom stereocenters. The zero-order valence-corrected chi connectivity index (χ0v) is 13.4. The summed E-state index contributed by atoms with van der Waals surface area (Å²) in [4.78, 5) is 23.9. The smallest absolute Gasteiger partial charge is 0.249 e. The van der Waals surface area contributed by atoms with Gasteiger partial charge in [0.15, 0.2) is 17.3 Å². The van der Waals surface area contributed by atoms with Crippen LogP contribution in [0.5, 0.6) is 11.5 Å². The van der Waals surface area contributed by atoms with E-state index in [4.69, 9.17) is 10.5 Å². The van der Waals surface area contributed by atoms with Crippen LogP contribution < -0.4 is 10.5 Å². The van der Waals surface area contributed by atoms with E-state index in [2.05, 4.69) is 6.92 Å². The number of phenolic OH excluding ortho intramolecular Hbond substituents is 1. The van der Waals surface area contributed by atoms with Crippen molar-refractivity contribution in [2.24, 2.45) is 5.73 Å². The van der Waals surface area contributed by atoms with Crippen molar-refractivity contribution in [2.75, 3.05) is 7.11 Å². The Bertz CT molecular complexity index is 526. The first kappa shape index (κ1) is 18.0. The minimum Gasteiger partial charge on any atom is -0.504 e. The van der Waals surface area contributed by atoms with E-state index >= 15 is 0 Å². The van der Waals surface area contributed by atoms with Gasteiger partial charge in [-0.05, 0) is 18.6 Å². The molecule has 1 amide bonds. The lowest BCUT2D eigenvalue weighted by Crippen LogP contribution is -2.17. The quantitative estimate of drug-likeness (QED) is 0.512. The highest BCUT2D eigenvalue weighted by Crippen LogP contribution is 2.33. The standard InChI is InChI=1S/C17H25NO4/c1-3-4-5-6-7-8-9-13(19)15-12(17(18)21)10-11-14(20)16(15)22-2/h10-11,20H,3-9H2,1-2H3,(H2,18,21). The molecular formula is C17H25NO4. The second-order valence-electron chi connectivity index (χ2n) is 5.35. The number of amides is 1. The molecule has 0 bridgehead atoms. The Hall–Kier alpha value is -2.04. The van der Waals surface area contributed by atoms with Gasteiger partial charge in [-0.15, -0.1) is 0 Å². The van der Waals surface area contributed by atoms with E-state index in [9.17, 15) is 14.7 Å². The maximum atomic E-state index is 12.4. The summed E-state index contributed by atoms with van der Waals surface area (Å²) in [5.74, 6) is -1.08. The van der Waals surface area contributed by atoms with Crippen LogP contribution in [0.25, 0.3) is 0 Å². The van der Waals surface area contributed by atoms with Crippen LogP contribution in [0.2, 0.25) is 0 Å². The number of rotatable bonds is 10. The Morgan fingerprint density at radius 1 is 1.14 bits per heavy atom. The number of hydrogen-bond acceptors (Lipinski definition) is 4. The zero-order chi connectivity index (χ0) is 16.5. The molecule has 122 valence electrons. The number of carbonyl (C=O) groups excluding carboxylic acids is 2. The van der Waals surface area contributed by atoms with Gasteiger partial charge in [-0.2, -0.15) is 0 Å². The van der Waals surface area contributed by atoms with Crippen LogP contribution in [0.3, 0.4) is 0 Å². The largest absolute Gasteiger partial charge is 0.504 e. The number of carbonyl (C=O) groups is 2. The SMILES string of the molecule is CCCCCCCCC(=O)c1c(C(N)=O)ccc(O)c1OC. The van der Waals surface area contributed by atoms with Crippen molar-refractivity contribution in [2.45, 2.75) is 51.9 Å². The molecule has 5 nitrogen and oxygen atoms in total. The number of methoxy groups -OCH3 is 1. The predicted molar refractivity (Wildman–Crippen MR) is 85.5 cm³/mol. The second kappa shape index (κ2) is 9.07. The summed E-state index contributed by atoms with van der Waals surface area (Å²) in [7, 11) is 1.35. The highest BCUT2D eigenvalue weighted by atomic mass is 16.5. The van der Waals surface area contributed by atoms with Crippen LogP contribution in [0.4, 0.5) is 0 Å². The van der Waals surface area contributed by atoms with Crippen molar-refractivity contribution in [1.29, 1.82) is 0 Å². The van der Waals surface area contributed by atoms with Gasteiger partial charge in [0, 0.05) is 6.42 Å². The summed E-state index contributed by atoms with van der Waals surface area (Å²) >= 11 is 0. The predicted octanol–water partition coefficient (Wildman–Crippen LogP) is 3.43. The fourth-order valence-corrected chi connectivity index (χ4v) is 2.45. The van der Waals surface area contributed by atoms with Crippen LogP contribution >= 0.6 is 0 Å². The molecule has 0 spiro atoms. The van der Waals surface area contributed by atoms with Gasteiger partial charge >= 0.3 is 0 Å². The molecule has 1 aromatic rings. The van der Waals surface area contributed by atoms with E-state index in [0.717, 1.165) is 19.3 Å². The van der Waals surface area contributed by atoms with Gasteiger partial charge in [-0.1, -0.05) is 39.0 Å². The molecule has 0 heterocycles. The Morgan fingerprint density at radius 2 is 1.77 bits per heavy atom. The van der Waals surface area contributed by atoms with Crippen LogP contribution in [-0.4, -0.2) is 23.9 Å². The number of primary amides is 1. The van der Waals surface area contributed by atoms with Crippen molar-refractivity contribution in [3.05, 3.63) is 23.3 Å². The molecule has 1 rings (SSSR count). The second-order valence-corrected chi connectivity index (χ2v) is 5.35. The summed E-state index contributed by atoms with van der Waals surface area (Å²) in [6.07, 6.45) is 6.69. The molecule has 0 saturated heterocycles. The third kappa shape index (κ3) is 4.76. The van der Waals surface area contributed by atoms with Gasteiger partial charge < -0.3 is 15.6 Å². The zero-order valence-electron chi connectivity index (χ0n) is 13.4. The number of benzene rings is 1. The highest BCUT2D eigenvalue weighted by Gasteiger charge is 2.22. The number of ether oxygens (including phenoxy) is 1. The normalized spacial score (nSPS) is 10.5. The molecule has 3 N–H and O–H groups in total. The lowest BCUT2D eigenvalue weighted by molar-refractivity contribution is 0.0951. The van der Waals surface area contributed by atoms with E-state index in [1.807, 2.05) is 0 Å². The minimum atomic E-state index is -0.704. The number of hydrogen-bond donors (Lipinski definition) is 2. The summed E-state index contributed by atoms with van der Waals surface area (Å²) in [6.45, 7) is 2.16. The Morgan fingerprint density at radius 3 is 2.36 bits per heavy atom. The summed E-state index contributed by atoms with van der Waals surface area (Å²) < 4.78 is 5.07. The Labute approximate surface area is 131 Å². The molecular weight excluding hydrogens is 282 g/mol. The fraction of sp³-hybridized carbons (Fsp3) is 0.529. The van der Waals surface area contributed by atoms with Gasteiger partial charge in [0.1, 0.15) is 0 Å². The summed E-state index contributed by atoms with van der Waals surface area (Å²) in [5.41, 5.74) is 5.48.